The Morgan fingerprint density at radius 3 is 2.65 bits per heavy atom. The first-order valence-corrected chi connectivity index (χ1v) is 6.90. The van der Waals surface area contributed by atoms with Crippen LogP contribution in [0.1, 0.15) is 20.3 Å². The first kappa shape index (κ1) is 14.5. The van der Waals surface area contributed by atoms with Gasteiger partial charge in [0.15, 0.2) is 11.0 Å². The van der Waals surface area contributed by atoms with Gasteiger partial charge in [0.1, 0.15) is 0 Å². The summed E-state index contributed by atoms with van der Waals surface area (Å²) in [6, 6.07) is 7.78. The molecule has 0 radical (unpaired) electrons. The van der Waals surface area contributed by atoms with Crippen LogP contribution in [0.2, 0.25) is 5.15 Å². The van der Waals surface area contributed by atoms with E-state index >= 15 is 0 Å². The summed E-state index contributed by atoms with van der Waals surface area (Å²) in [5, 5.41) is 16.0. The zero-order valence-electron chi connectivity index (χ0n) is 11.5. The second-order valence-electron chi connectivity index (χ2n) is 4.78. The number of benzene rings is 1. The van der Waals surface area contributed by atoms with E-state index in [0.29, 0.717) is 23.9 Å². The summed E-state index contributed by atoms with van der Waals surface area (Å²) in [6.45, 7) is 4.37. The lowest BCUT2D eigenvalue weighted by Crippen LogP contribution is -2.31. The SMILES string of the molecule is CC(C)NC(=O)CCNc1nnc(Cl)c2ccccc12. The Kier molecular flexibility index (Phi) is 4.74. The van der Waals surface area contributed by atoms with Gasteiger partial charge in [0.2, 0.25) is 5.91 Å². The summed E-state index contributed by atoms with van der Waals surface area (Å²) >= 11 is 6.01. The van der Waals surface area contributed by atoms with Gasteiger partial charge in [0.05, 0.1) is 0 Å². The largest absolute Gasteiger partial charge is 0.368 e. The van der Waals surface area contributed by atoms with Crippen molar-refractivity contribution in [2.24, 2.45) is 0 Å². The van der Waals surface area contributed by atoms with Gasteiger partial charge in [-0.25, -0.2) is 0 Å². The Morgan fingerprint density at radius 2 is 1.95 bits per heavy atom. The summed E-state index contributed by atoms with van der Waals surface area (Å²) in [5.74, 6) is 0.654. The lowest BCUT2D eigenvalue weighted by molar-refractivity contribution is -0.121. The molecule has 6 heteroatoms. The van der Waals surface area contributed by atoms with E-state index in [0.717, 1.165) is 10.8 Å². The molecular weight excluding hydrogens is 276 g/mol. The van der Waals surface area contributed by atoms with E-state index in [4.69, 9.17) is 11.6 Å². The van der Waals surface area contributed by atoms with Gasteiger partial charge in [-0.3, -0.25) is 4.79 Å². The quantitative estimate of drug-likeness (QED) is 0.889. The molecule has 0 saturated carbocycles. The molecule has 1 heterocycles. The van der Waals surface area contributed by atoms with Crippen molar-refractivity contribution in [3.63, 3.8) is 0 Å². The highest BCUT2D eigenvalue weighted by atomic mass is 35.5. The third kappa shape index (κ3) is 3.57. The van der Waals surface area contributed by atoms with E-state index < -0.39 is 0 Å². The van der Waals surface area contributed by atoms with Gasteiger partial charge < -0.3 is 10.6 Å². The van der Waals surface area contributed by atoms with Gasteiger partial charge in [-0.2, -0.15) is 0 Å². The number of hydrogen-bond acceptors (Lipinski definition) is 4. The molecule has 5 nitrogen and oxygen atoms in total. The summed E-state index contributed by atoms with van der Waals surface area (Å²) in [5.41, 5.74) is 0. The van der Waals surface area contributed by atoms with Crippen LogP contribution in [0.3, 0.4) is 0 Å². The topological polar surface area (TPSA) is 66.9 Å². The molecule has 0 aliphatic rings. The molecule has 2 rings (SSSR count). The normalized spacial score (nSPS) is 10.8. The lowest BCUT2D eigenvalue weighted by Gasteiger charge is -2.10. The van der Waals surface area contributed by atoms with Crippen LogP contribution < -0.4 is 10.6 Å². The standard InChI is InChI=1S/C14H17ClN4O/c1-9(2)17-12(20)7-8-16-14-11-6-4-3-5-10(11)13(15)18-19-14/h3-6,9H,7-8H2,1-2H3,(H,16,19)(H,17,20). The minimum absolute atomic E-state index is 0.0127. The first-order chi connectivity index (χ1) is 9.58. The molecule has 0 bridgehead atoms. The monoisotopic (exact) mass is 292 g/mol. The van der Waals surface area contributed by atoms with Crippen LogP contribution in [0.4, 0.5) is 5.82 Å². The minimum atomic E-state index is 0.0127. The van der Waals surface area contributed by atoms with E-state index in [2.05, 4.69) is 20.8 Å². The number of rotatable bonds is 5. The zero-order chi connectivity index (χ0) is 14.5. The summed E-state index contributed by atoms with van der Waals surface area (Å²) < 4.78 is 0. The molecular formula is C14H17ClN4O. The average Bonchev–Trinajstić information content (AvgIpc) is 2.41. The molecule has 0 unspecified atom stereocenters. The van der Waals surface area contributed by atoms with Crippen molar-refractivity contribution in [1.29, 1.82) is 0 Å². The minimum Gasteiger partial charge on any atom is -0.368 e. The van der Waals surface area contributed by atoms with Crippen LogP contribution in [0.5, 0.6) is 0 Å². The molecule has 1 aromatic heterocycles. The molecule has 1 aromatic carbocycles. The number of nitrogens with one attached hydrogen (secondary N) is 2. The van der Waals surface area contributed by atoms with Crippen molar-refractivity contribution in [3.8, 4) is 0 Å². The molecule has 0 spiro atoms. The number of carbonyl (C=O) groups is 1. The molecule has 0 fully saturated rings. The Labute approximate surface area is 122 Å². The average molecular weight is 293 g/mol. The van der Waals surface area contributed by atoms with E-state index in [1.165, 1.54) is 0 Å². The molecule has 0 atom stereocenters. The molecule has 2 N–H and O–H groups in total. The van der Waals surface area contributed by atoms with Crippen LogP contribution >= 0.6 is 11.6 Å². The molecule has 0 aliphatic heterocycles. The fourth-order valence-electron chi connectivity index (χ4n) is 1.89. The highest BCUT2D eigenvalue weighted by Crippen LogP contribution is 2.25. The van der Waals surface area contributed by atoms with Gasteiger partial charge in [-0.05, 0) is 13.8 Å². The summed E-state index contributed by atoms with van der Waals surface area (Å²) in [4.78, 5) is 11.6. The van der Waals surface area contributed by atoms with Crippen LogP contribution in [-0.4, -0.2) is 28.7 Å². The Balaban J connectivity index is 2.04. The number of fused-ring (bicyclic) bond motifs is 1. The Hall–Kier alpha value is -1.88. The number of hydrogen-bond donors (Lipinski definition) is 2. The van der Waals surface area contributed by atoms with Gasteiger partial charge in [0, 0.05) is 29.8 Å². The van der Waals surface area contributed by atoms with Crippen molar-refractivity contribution in [3.05, 3.63) is 29.4 Å². The highest BCUT2D eigenvalue weighted by molar-refractivity contribution is 6.34. The van der Waals surface area contributed by atoms with Crippen LogP contribution in [0, 0.1) is 0 Å². The van der Waals surface area contributed by atoms with Crippen LogP contribution in [0.25, 0.3) is 10.8 Å². The maximum absolute atomic E-state index is 11.6. The number of nitrogens with zero attached hydrogens (tertiary/aromatic N) is 2. The molecule has 0 aliphatic carbocycles. The molecule has 2 aromatic rings. The van der Waals surface area contributed by atoms with Gasteiger partial charge in [-0.15, -0.1) is 10.2 Å². The fourth-order valence-corrected chi connectivity index (χ4v) is 2.09. The van der Waals surface area contributed by atoms with E-state index in [9.17, 15) is 4.79 Å². The number of amides is 1. The van der Waals surface area contributed by atoms with Crippen LogP contribution in [0.15, 0.2) is 24.3 Å². The van der Waals surface area contributed by atoms with Crippen molar-refractivity contribution >= 4 is 34.1 Å². The molecule has 0 saturated heterocycles. The molecule has 106 valence electrons. The smallest absolute Gasteiger partial charge is 0.221 e. The number of halogens is 1. The predicted molar refractivity (Wildman–Crippen MR) is 80.9 cm³/mol. The van der Waals surface area contributed by atoms with Crippen molar-refractivity contribution in [2.45, 2.75) is 26.3 Å². The lowest BCUT2D eigenvalue weighted by atomic mass is 10.2. The zero-order valence-corrected chi connectivity index (χ0v) is 12.2. The molecule has 1 amide bonds. The molecule has 20 heavy (non-hydrogen) atoms. The highest BCUT2D eigenvalue weighted by Gasteiger charge is 2.08. The second kappa shape index (κ2) is 6.52. The van der Waals surface area contributed by atoms with Crippen molar-refractivity contribution in [1.82, 2.24) is 15.5 Å². The number of carbonyl (C=O) groups excluding carboxylic acids is 1. The second-order valence-corrected chi connectivity index (χ2v) is 5.14. The number of aromatic nitrogens is 2. The first-order valence-electron chi connectivity index (χ1n) is 6.52. The predicted octanol–water partition coefficient (Wildman–Crippen LogP) is 2.61. The summed E-state index contributed by atoms with van der Waals surface area (Å²) in [6.07, 6.45) is 0.386. The fraction of sp³-hybridized carbons (Fsp3) is 0.357. The maximum atomic E-state index is 11.6. The van der Waals surface area contributed by atoms with Crippen LogP contribution in [-0.2, 0) is 4.79 Å². The van der Waals surface area contributed by atoms with Crippen molar-refractivity contribution in [2.75, 3.05) is 11.9 Å². The van der Waals surface area contributed by atoms with Gasteiger partial charge in [-0.1, -0.05) is 35.9 Å². The van der Waals surface area contributed by atoms with Gasteiger partial charge >= 0.3 is 0 Å². The van der Waals surface area contributed by atoms with E-state index in [1.54, 1.807) is 0 Å². The Bertz CT molecular complexity index is 615. The third-order valence-electron chi connectivity index (χ3n) is 2.74. The van der Waals surface area contributed by atoms with E-state index in [-0.39, 0.29) is 11.9 Å². The summed E-state index contributed by atoms with van der Waals surface area (Å²) in [7, 11) is 0. The van der Waals surface area contributed by atoms with Crippen molar-refractivity contribution < 1.29 is 4.79 Å². The Morgan fingerprint density at radius 1 is 1.25 bits per heavy atom. The van der Waals surface area contributed by atoms with Gasteiger partial charge in [0.25, 0.3) is 0 Å². The maximum Gasteiger partial charge on any atom is 0.221 e. The number of anilines is 1. The van der Waals surface area contributed by atoms with E-state index in [1.807, 2.05) is 38.1 Å². The third-order valence-corrected chi connectivity index (χ3v) is 3.02.